The second kappa shape index (κ2) is 12.0. The molecule has 1 heterocycles. The summed E-state index contributed by atoms with van der Waals surface area (Å²) in [5.41, 5.74) is 7.04. The van der Waals surface area contributed by atoms with Crippen molar-refractivity contribution in [2.75, 3.05) is 13.2 Å². The number of carbonyl (C=O) groups is 1. The maximum Gasteiger partial charge on any atom is 0.416 e. The fourth-order valence-electron chi connectivity index (χ4n) is 3.75. The fraction of sp³-hybridized carbons (Fsp3) is 0.385. The van der Waals surface area contributed by atoms with Crippen molar-refractivity contribution in [1.82, 2.24) is 9.55 Å². The third-order valence-electron chi connectivity index (χ3n) is 5.59. The lowest BCUT2D eigenvalue weighted by Crippen LogP contribution is -2.25. The van der Waals surface area contributed by atoms with E-state index in [2.05, 4.69) is 4.98 Å². The molecule has 0 amide bonds. The summed E-state index contributed by atoms with van der Waals surface area (Å²) in [6, 6.07) is 8.58. The Morgan fingerprint density at radius 3 is 2.56 bits per heavy atom. The molecule has 0 fully saturated rings. The van der Waals surface area contributed by atoms with Crippen LogP contribution < -0.4 is 10.5 Å². The molecule has 1 unspecified atom stereocenters. The zero-order valence-corrected chi connectivity index (χ0v) is 20.1. The third-order valence-corrected chi connectivity index (χ3v) is 5.59. The molecule has 3 aromatic rings. The Labute approximate surface area is 207 Å². The highest BCUT2D eigenvalue weighted by molar-refractivity contribution is 5.70. The Kier molecular flexibility index (Phi) is 9.08. The Bertz CT molecular complexity index is 1160. The van der Waals surface area contributed by atoms with Crippen molar-refractivity contribution < 1.29 is 31.8 Å². The van der Waals surface area contributed by atoms with Gasteiger partial charge in [0, 0.05) is 29.1 Å². The number of aryl methyl sites for hydroxylation is 1. The standard InChI is InChI=1S/C26H29F4N3O3/c1-3-35-24(34)14-22(31)5-4-12-36-23-11-10-21(27)13-19(23)16-33-17(2)15-32-25(33)18-6-8-20(9-7-18)26(28,29)30/h6-11,13,15,22H,3-5,12,14,16,31H2,1-2H3. The molecule has 0 aliphatic carbocycles. The van der Waals surface area contributed by atoms with Crippen LogP contribution in [0.1, 0.15) is 43.0 Å². The van der Waals surface area contributed by atoms with Crippen LogP contribution in [0.3, 0.4) is 0 Å². The van der Waals surface area contributed by atoms with Gasteiger partial charge >= 0.3 is 12.1 Å². The molecule has 10 heteroatoms. The molecule has 0 bridgehead atoms. The molecule has 194 valence electrons. The van der Waals surface area contributed by atoms with Crippen molar-refractivity contribution in [3.05, 3.63) is 71.3 Å². The van der Waals surface area contributed by atoms with Crippen LogP contribution in [-0.4, -0.2) is 34.8 Å². The summed E-state index contributed by atoms with van der Waals surface area (Å²) in [5.74, 6) is 0.150. The summed E-state index contributed by atoms with van der Waals surface area (Å²) in [6.07, 6.45) is -1.56. The highest BCUT2D eigenvalue weighted by Crippen LogP contribution is 2.31. The predicted molar refractivity (Wildman–Crippen MR) is 127 cm³/mol. The lowest BCUT2D eigenvalue weighted by Gasteiger charge is -2.16. The first kappa shape index (κ1) is 27.2. The van der Waals surface area contributed by atoms with E-state index >= 15 is 0 Å². The number of hydrogen-bond acceptors (Lipinski definition) is 5. The normalized spacial score (nSPS) is 12.4. The zero-order chi connectivity index (χ0) is 26.3. The number of aromatic nitrogens is 2. The first-order valence-corrected chi connectivity index (χ1v) is 11.6. The van der Waals surface area contributed by atoms with Gasteiger partial charge in [-0.05, 0) is 57.0 Å². The average Bonchev–Trinajstić information content (AvgIpc) is 3.17. The van der Waals surface area contributed by atoms with Gasteiger partial charge in [-0.15, -0.1) is 0 Å². The molecule has 1 atom stereocenters. The van der Waals surface area contributed by atoms with Crippen LogP contribution in [-0.2, 0) is 22.3 Å². The number of imidazole rings is 1. The number of nitrogens with zero attached hydrogens (tertiary/aromatic N) is 2. The minimum atomic E-state index is -4.43. The quantitative estimate of drug-likeness (QED) is 0.211. The molecule has 36 heavy (non-hydrogen) atoms. The van der Waals surface area contributed by atoms with E-state index in [1.807, 2.05) is 6.92 Å². The molecule has 0 aliphatic rings. The van der Waals surface area contributed by atoms with Crippen molar-refractivity contribution in [2.24, 2.45) is 5.73 Å². The van der Waals surface area contributed by atoms with Gasteiger partial charge in [-0.25, -0.2) is 9.37 Å². The molecular weight excluding hydrogens is 478 g/mol. The van der Waals surface area contributed by atoms with Crippen molar-refractivity contribution in [2.45, 2.75) is 51.9 Å². The van der Waals surface area contributed by atoms with Gasteiger partial charge in [0.2, 0.25) is 0 Å². The number of halogens is 4. The molecule has 0 spiro atoms. The predicted octanol–water partition coefficient (Wildman–Crippen LogP) is 5.50. The summed E-state index contributed by atoms with van der Waals surface area (Å²) in [4.78, 5) is 15.9. The summed E-state index contributed by atoms with van der Waals surface area (Å²) in [5, 5.41) is 0. The van der Waals surface area contributed by atoms with Gasteiger partial charge < -0.3 is 19.8 Å². The van der Waals surface area contributed by atoms with Crippen LogP contribution in [0.4, 0.5) is 17.6 Å². The van der Waals surface area contributed by atoms with Crippen molar-refractivity contribution >= 4 is 5.97 Å². The average molecular weight is 508 g/mol. The van der Waals surface area contributed by atoms with Gasteiger partial charge in [-0.3, -0.25) is 4.79 Å². The van der Waals surface area contributed by atoms with E-state index in [1.54, 1.807) is 17.7 Å². The van der Waals surface area contributed by atoms with Crippen molar-refractivity contribution in [3.63, 3.8) is 0 Å². The monoisotopic (exact) mass is 507 g/mol. The van der Waals surface area contributed by atoms with Gasteiger partial charge in [-0.2, -0.15) is 13.2 Å². The molecule has 6 nitrogen and oxygen atoms in total. The van der Waals surface area contributed by atoms with Crippen LogP contribution in [0.15, 0.2) is 48.7 Å². The van der Waals surface area contributed by atoms with E-state index in [1.165, 1.54) is 30.3 Å². The second-order valence-corrected chi connectivity index (χ2v) is 8.40. The van der Waals surface area contributed by atoms with Crippen LogP contribution in [0.5, 0.6) is 5.75 Å². The van der Waals surface area contributed by atoms with E-state index < -0.39 is 17.6 Å². The van der Waals surface area contributed by atoms with E-state index in [-0.39, 0.29) is 25.0 Å². The highest BCUT2D eigenvalue weighted by atomic mass is 19.4. The molecular formula is C26H29F4N3O3. The Morgan fingerprint density at radius 1 is 1.17 bits per heavy atom. The molecule has 0 aliphatic heterocycles. The minimum absolute atomic E-state index is 0.127. The number of ether oxygens (including phenoxy) is 2. The number of nitrogens with two attached hydrogens (primary N) is 1. The van der Waals surface area contributed by atoms with Gasteiger partial charge in [0.1, 0.15) is 17.4 Å². The van der Waals surface area contributed by atoms with Crippen LogP contribution in [0.25, 0.3) is 11.4 Å². The molecule has 2 N–H and O–H groups in total. The zero-order valence-electron chi connectivity index (χ0n) is 20.1. The lowest BCUT2D eigenvalue weighted by atomic mass is 10.1. The van der Waals surface area contributed by atoms with E-state index in [0.717, 1.165) is 17.8 Å². The van der Waals surface area contributed by atoms with Gasteiger partial charge in [-0.1, -0.05) is 12.1 Å². The molecule has 0 radical (unpaired) electrons. The van der Waals surface area contributed by atoms with Gasteiger partial charge in [0.15, 0.2) is 0 Å². The Balaban J connectivity index is 1.70. The number of benzene rings is 2. The summed E-state index contributed by atoms with van der Waals surface area (Å²) >= 11 is 0. The molecule has 0 saturated carbocycles. The number of hydrogen-bond donors (Lipinski definition) is 1. The summed E-state index contributed by atoms with van der Waals surface area (Å²) in [6.45, 7) is 4.36. The first-order valence-electron chi connectivity index (χ1n) is 11.6. The number of carbonyl (C=O) groups excluding carboxylic acids is 1. The molecule has 2 aromatic carbocycles. The van der Waals surface area contributed by atoms with Crippen LogP contribution in [0.2, 0.25) is 0 Å². The van der Waals surface area contributed by atoms with Crippen molar-refractivity contribution in [1.29, 1.82) is 0 Å². The summed E-state index contributed by atoms with van der Waals surface area (Å²) in [7, 11) is 0. The second-order valence-electron chi connectivity index (χ2n) is 8.40. The molecule has 1 aromatic heterocycles. The highest BCUT2D eigenvalue weighted by Gasteiger charge is 2.30. The Hall–Kier alpha value is -3.40. The smallest absolute Gasteiger partial charge is 0.416 e. The number of esters is 1. The van der Waals surface area contributed by atoms with Gasteiger partial charge in [0.05, 0.1) is 31.7 Å². The number of alkyl halides is 3. The largest absolute Gasteiger partial charge is 0.493 e. The summed E-state index contributed by atoms with van der Waals surface area (Å²) < 4.78 is 65.5. The lowest BCUT2D eigenvalue weighted by molar-refractivity contribution is -0.143. The maximum absolute atomic E-state index is 14.1. The van der Waals surface area contributed by atoms with Crippen LogP contribution in [0, 0.1) is 12.7 Å². The van der Waals surface area contributed by atoms with E-state index in [9.17, 15) is 22.4 Å². The SMILES string of the molecule is CCOC(=O)CC(N)CCCOc1ccc(F)cc1Cn1c(C)cnc1-c1ccc(C(F)(F)F)cc1. The number of rotatable bonds is 11. The fourth-order valence-corrected chi connectivity index (χ4v) is 3.75. The van der Waals surface area contributed by atoms with Crippen LogP contribution >= 0.6 is 0 Å². The van der Waals surface area contributed by atoms with E-state index in [4.69, 9.17) is 15.2 Å². The minimum Gasteiger partial charge on any atom is -0.493 e. The Morgan fingerprint density at radius 2 is 1.89 bits per heavy atom. The first-order chi connectivity index (χ1) is 17.1. The molecule has 3 rings (SSSR count). The van der Waals surface area contributed by atoms with E-state index in [0.29, 0.717) is 48.8 Å². The van der Waals surface area contributed by atoms with Gasteiger partial charge in [0.25, 0.3) is 0 Å². The third kappa shape index (κ3) is 7.30. The maximum atomic E-state index is 14.1. The van der Waals surface area contributed by atoms with Crippen molar-refractivity contribution in [3.8, 4) is 17.1 Å². The topological polar surface area (TPSA) is 79.4 Å². The molecule has 0 saturated heterocycles.